The van der Waals surface area contributed by atoms with E-state index in [9.17, 15) is 5.11 Å². The highest BCUT2D eigenvalue weighted by atomic mass is 16.5. The van der Waals surface area contributed by atoms with Crippen molar-refractivity contribution in [2.45, 2.75) is 18.8 Å². The molecular formula is C21H24N2O5. The number of methoxy groups -OCH3 is 1. The molecule has 0 saturated carbocycles. The molecule has 0 radical (unpaired) electrons. The van der Waals surface area contributed by atoms with Crippen LogP contribution in [0.3, 0.4) is 0 Å². The predicted octanol–water partition coefficient (Wildman–Crippen LogP) is 3.73. The number of rotatable bonds is 9. The SMILES string of the molecule is C=C[C@@H](c1onc(OCc2ccccc2)c1C(O)c1occc1OC)N(C)C. The maximum absolute atomic E-state index is 11.1. The maximum atomic E-state index is 11.1. The second kappa shape index (κ2) is 8.77. The van der Waals surface area contributed by atoms with Crippen LogP contribution in [0, 0.1) is 0 Å². The maximum Gasteiger partial charge on any atom is 0.261 e. The molecule has 3 aromatic rings. The molecule has 0 spiro atoms. The Hall–Kier alpha value is -3.03. The Kier molecular flexibility index (Phi) is 6.18. The van der Waals surface area contributed by atoms with Gasteiger partial charge in [-0.15, -0.1) is 6.58 Å². The zero-order valence-electron chi connectivity index (χ0n) is 16.2. The van der Waals surface area contributed by atoms with Crippen LogP contribution in [0.15, 0.2) is 64.3 Å². The average Bonchev–Trinajstić information content (AvgIpc) is 3.34. The summed E-state index contributed by atoms with van der Waals surface area (Å²) in [6.07, 6.45) is 1.97. The van der Waals surface area contributed by atoms with Gasteiger partial charge in [-0.05, 0) is 24.8 Å². The minimum Gasteiger partial charge on any atom is -0.493 e. The van der Waals surface area contributed by atoms with Crippen molar-refractivity contribution in [2.24, 2.45) is 0 Å². The highest BCUT2D eigenvalue weighted by Crippen LogP contribution is 2.40. The van der Waals surface area contributed by atoms with Gasteiger partial charge in [0.25, 0.3) is 5.88 Å². The summed E-state index contributed by atoms with van der Waals surface area (Å²) < 4.78 is 22.2. The number of aliphatic hydroxyl groups excluding tert-OH is 1. The van der Waals surface area contributed by atoms with Crippen molar-refractivity contribution in [3.8, 4) is 11.6 Å². The lowest BCUT2D eigenvalue weighted by Gasteiger charge is -2.20. The molecule has 1 unspecified atom stereocenters. The second-order valence-corrected chi connectivity index (χ2v) is 6.44. The van der Waals surface area contributed by atoms with Crippen LogP contribution in [0.5, 0.6) is 11.6 Å². The van der Waals surface area contributed by atoms with Crippen molar-refractivity contribution in [2.75, 3.05) is 21.2 Å². The van der Waals surface area contributed by atoms with Gasteiger partial charge in [0.15, 0.2) is 17.3 Å². The van der Waals surface area contributed by atoms with Gasteiger partial charge in [-0.1, -0.05) is 36.4 Å². The lowest BCUT2D eigenvalue weighted by Crippen LogP contribution is -2.19. The Balaban J connectivity index is 2.00. The van der Waals surface area contributed by atoms with Crippen LogP contribution in [0.2, 0.25) is 0 Å². The predicted molar refractivity (Wildman–Crippen MR) is 103 cm³/mol. The molecule has 3 rings (SSSR count). The fourth-order valence-corrected chi connectivity index (χ4v) is 2.95. The average molecular weight is 384 g/mol. The van der Waals surface area contributed by atoms with Gasteiger partial charge in [-0.2, -0.15) is 0 Å². The smallest absolute Gasteiger partial charge is 0.261 e. The summed E-state index contributed by atoms with van der Waals surface area (Å²) >= 11 is 0. The Morgan fingerprint density at radius 2 is 1.96 bits per heavy atom. The number of hydrogen-bond acceptors (Lipinski definition) is 7. The van der Waals surface area contributed by atoms with E-state index in [1.165, 1.54) is 13.4 Å². The summed E-state index contributed by atoms with van der Waals surface area (Å²) in [4.78, 5) is 1.89. The van der Waals surface area contributed by atoms with E-state index >= 15 is 0 Å². The number of aromatic nitrogens is 1. The van der Waals surface area contributed by atoms with Crippen molar-refractivity contribution < 1.29 is 23.5 Å². The summed E-state index contributed by atoms with van der Waals surface area (Å²) in [7, 11) is 5.26. The number of nitrogens with zero attached hydrogens (tertiary/aromatic N) is 2. The minimum atomic E-state index is -1.18. The van der Waals surface area contributed by atoms with E-state index in [2.05, 4.69) is 11.7 Å². The molecule has 0 aliphatic heterocycles. The van der Waals surface area contributed by atoms with E-state index in [4.69, 9.17) is 18.4 Å². The van der Waals surface area contributed by atoms with Gasteiger partial charge in [0.2, 0.25) is 0 Å². The summed E-state index contributed by atoms with van der Waals surface area (Å²) in [6.45, 7) is 4.14. The third-order valence-corrected chi connectivity index (χ3v) is 4.39. The van der Waals surface area contributed by atoms with Gasteiger partial charge >= 0.3 is 0 Å². The van der Waals surface area contributed by atoms with E-state index in [0.717, 1.165) is 5.56 Å². The lowest BCUT2D eigenvalue weighted by atomic mass is 10.0. The summed E-state index contributed by atoms with van der Waals surface area (Å²) in [6, 6.07) is 11.0. The molecular weight excluding hydrogens is 360 g/mol. The van der Waals surface area contributed by atoms with E-state index in [-0.39, 0.29) is 24.3 Å². The van der Waals surface area contributed by atoms with Crippen LogP contribution in [0.4, 0.5) is 0 Å². The molecule has 28 heavy (non-hydrogen) atoms. The molecule has 0 saturated heterocycles. The third kappa shape index (κ3) is 3.95. The molecule has 1 aromatic carbocycles. The fraction of sp³-hybridized carbons (Fsp3) is 0.286. The number of likely N-dealkylation sites (N-methyl/N-ethyl adjacent to an activating group) is 1. The van der Waals surface area contributed by atoms with E-state index < -0.39 is 6.10 Å². The first kappa shape index (κ1) is 19.7. The topological polar surface area (TPSA) is 81.1 Å². The number of furan rings is 1. The normalized spacial score (nSPS) is 13.3. The van der Waals surface area contributed by atoms with Gasteiger partial charge in [0.05, 0.1) is 25.0 Å². The minimum absolute atomic E-state index is 0.193. The van der Waals surface area contributed by atoms with Crippen LogP contribution in [0.1, 0.15) is 34.8 Å². The molecule has 7 nitrogen and oxygen atoms in total. The summed E-state index contributed by atoms with van der Waals surface area (Å²) in [5.41, 5.74) is 1.35. The third-order valence-electron chi connectivity index (χ3n) is 4.39. The van der Waals surface area contributed by atoms with Crippen molar-refractivity contribution in [3.05, 3.63) is 78.0 Å². The van der Waals surface area contributed by atoms with Crippen LogP contribution in [0.25, 0.3) is 0 Å². The quantitative estimate of drug-likeness (QED) is 0.563. The van der Waals surface area contributed by atoms with Crippen LogP contribution >= 0.6 is 0 Å². The first-order valence-corrected chi connectivity index (χ1v) is 8.81. The van der Waals surface area contributed by atoms with Crippen molar-refractivity contribution in [1.29, 1.82) is 0 Å². The van der Waals surface area contributed by atoms with Gasteiger partial charge in [0.1, 0.15) is 12.7 Å². The first-order chi connectivity index (χ1) is 13.6. The Morgan fingerprint density at radius 1 is 1.21 bits per heavy atom. The molecule has 148 valence electrons. The molecule has 2 aromatic heterocycles. The standard InChI is InChI=1S/C21H24N2O5/c1-5-15(23(2)3)19-17(18(24)20-16(25-4)11-12-26-20)21(22-28-19)27-13-14-9-7-6-8-10-14/h5-12,15,18,24H,1,13H2,2-4H3/t15-,18?/m0/s1. The monoisotopic (exact) mass is 384 g/mol. The molecule has 2 heterocycles. The summed E-state index contributed by atoms with van der Waals surface area (Å²) in [5.74, 6) is 1.29. The Bertz CT molecular complexity index is 901. The molecule has 1 N–H and O–H groups in total. The van der Waals surface area contributed by atoms with E-state index in [1.807, 2.05) is 49.3 Å². The number of aliphatic hydroxyl groups is 1. The highest BCUT2D eigenvalue weighted by Gasteiger charge is 2.33. The molecule has 2 atom stereocenters. The Morgan fingerprint density at radius 3 is 2.61 bits per heavy atom. The van der Waals surface area contributed by atoms with Gasteiger partial charge < -0.3 is 23.5 Å². The Labute approximate surface area is 163 Å². The second-order valence-electron chi connectivity index (χ2n) is 6.44. The zero-order valence-corrected chi connectivity index (χ0v) is 16.2. The number of ether oxygens (including phenoxy) is 2. The highest BCUT2D eigenvalue weighted by molar-refractivity contribution is 5.41. The van der Waals surface area contributed by atoms with Crippen LogP contribution < -0.4 is 9.47 Å². The molecule has 0 aliphatic rings. The number of benzene rings is 1. The van der Waals surface area contributed by atoms with Gasteiger partial charge in [-0.3, -0.25) is 4.90 Å². The molecule has 0 fully saturated rings. The van der Waals surface area contributed by atoms with Crippen molar-refractivity contribution in [1.82, 2.24) is 10.1 Å². The molecule has 0 bridgehead atoms. The van der Waals surface area contributed by atoms with Gasteiger partial charge in [-0.25, -0.2) is 0 Å². The molecule has 0 aliphatic carbocycles. The van der Waals surface area contributed by atoms with Crippen molar-refractivity contribution in [3.63, 3.8) is 0 Å². The molecule has 7 heteroatoms. The van der Waals surface area contributed by atoms with Crippen LogP contribution in [-0.2, 0) is 6.61 Å². The molecule has 0 amide bonds. The van der Waals surface area contributed by atoms with E-state index in [0.29, 0.717) is 17.1 Å². The van der Waals surface area contributed by atoms with E-state index in [1.54, 1.807) is 12.1 Å². The van der Waals surface area contributed by atoms with Crippen molar-refractivity contribution >= 4 is 0 Å². The zero-order chi connectivity index (χ0) is 20.1. The number of hydrogen-bond donors (Lipinski definition) is 1. The van der Waals surface area contributed by atoms with Gasteiger partial charge in [0, 0.05) is 6.07 Å². The first-order valence-electron chi connectivity index (χ1n) is 8.81. The lowest BCUT2D eigenvalue weighted by molar-refractivity contribution is 0.171. The fourth-order valence-electron chi connectivity index (χ4n) is 2.95. The summed E-state index contributed by atoms with van der Waals surface area (Å²) in [5, 5.41) is 15.1. The largest absolute Gasteiger partial charge is 0.493 e. The van der Waals surface area contributed by atoms with Crippen LogP contribution in [-0.4, -0.2) is 36.4 Å².